The van der Waals surface area contributed by atoms with Crippen LogP contribution in [-0.2, 0) is 11.3 Å². The first kappa shape index (κ1) is 20.8. The zero-order chi connectivity index (χ0) is 22.1. The summed E-state index contributed by atoms with van der Waals surface area (Å²) in [6.45, 7) is 3.71. The third-order valence-electron chi connectivity index (χ3n) is 5.91. The summed E-state index contributed by atoms with van der Waals surface area (Å²) in [5.41, 5.74) is 1.79. The predicted molar refractivity (Wildman–Crippen MR) is 122 cm³/mol. The average Bonchev–Trinajstić information content (AvgIpc) is 2.84. The number of aromatic nitrogens is 1. The Hall–Kier alpha value is -3.03. The van der Waals surface area contributed by atoms with E-state index in [1.807, 2.05) is 47.4 Å². The molecule has 0 bridgehead atoms. The zero-order valence-electron chi connectivity index (χ0n) is 17.8. The van der Waals surface area contributed by atoms with Gasteiger partial charge in [0, 0.05) is 49.7 Å². The van der Waals surface area contributed by atoms with Gasteiger partial charge < -0.3 is 19.1 Å². The summed E-state index contributed by atoms with van der Waals surface area (Å²) in [4.78, 5) is 21.6. The second-order valence-electron chi connectivity index (χ2n) is 7.96. The number of benzene rings is 2. The lowest BCUT2D eigenvalue weighted by Crippen LogP contribution is -2.53. The summed E-state index contributed by atoms with van der Waals surface area (Å²) in [5.74, 6) is 2.02. The molecule has 3 heterocycles. The zero-order valence-corrected chi connectivity index (χ0v) is 18.5. The maximum Gasteiger partial charge on any atom is 0.267 e. The van der Waals surface area contributed by atoms with E-state index < -0.39 is 6.10 Å². The van der Waals surface area contributed by atoms with Crippen LogP contribution >= 0.6 is 11.6 Å². The minimum absolute atomic E-state index is 0.0292. The number of amides is 1. The van der Waals surface area contributed by atoms with Crippen LogP contribution in [0.2, 0.25) is 5.15 Å². The van der Waals surface area contributed by atoms with Crippen molar-refractivity contribution >= 4 is 28.4 Å². The quantitative estimate of drug-likeness (QED) is 0.564. The van der Waals surface area contributed by atoms with E-state index in [-0.39, 0.29) is 12.5 Å². The molecule has 166 valence electrons. The Morgan fingerprint density at radius 3 is 2.69 bits per heavy atom. The van der Waals surface area contributed by atoms with Crippen molar-refractivity contribution < 1.29 is 19.0 Å². The number of nitrogens with zero attached hydrogens (tertiary/aromatic N) is 3. The Labute approximate surface area is 191 Å². The second-order valence-corrected chi connectivity index (χ2v) is 8.32. The molecule has 0 aliphatic carbocycles. The first-order valence-corrected chi connectivity index (χ1v) is 11.0. The number of piperazine rings is 1. The van der Waals surface area contributed by atoms with Gasteiger partial charge in [-0.2, -0.15) is 0 Å². The smallest absolute Gasteiger partial charge is 0.267 e. The third kappa shape index (κ3) is 4.18. The number of pyridine rings is 1. The van der Waals surface area contributed by atoms with Crippen LogP contribution in [0.25, 0.3) is 10.9 Å². The highest BCUT2D eigenvalue weighted by molar-refractivity contribution is 6.30. The molecule has 2 aliphatic rings. The van der Waals surface area contributed by atoms with E-state index in [0.29, 0.717) is 36.3 Å². The Bertz CT molecular complexity index is 1150. The highest BCUT2D eigenvalue weighted by Crippen LogP contribution is 2.31. The van der Waals surface area contributed by atoms with Crippen molar-refractivity contribution in [1.29, 1.82) is 0 Å². The highest BCUT2D eigenvalue weighted by atomic mass is 35.5. The normalized spacial score (nSPS) is 18.6. The van der Waals surface area contributed by atoms with Crippen LogP contribution in [0.15, 0.2) is 48.5 Å². The summed E-state index contributed by atoms with van der Waals surface area (Å²) in [7, 11) is 1.63. The van der Waals surface area contributed by atoms with Gasteiger partial charge in [0.25, 0.3) is 5.91 Å². The number of carbonyl (C=O) groups is 1. The van der Waals surface area contributed by atoms with E-state index in [2.05, 4.69) is 16.0 Å². The number of ether oxygens (including phenoxy) is 3. The minimum atomic E-state index is -0.604. The van der Waals surface area contributed by atoms with Gasteiger partial charge in [-0.1, -0.05) is 23.7 Å². The van der Waals surface area contributed by atoms with Crippen LogP contribution in [0.3, 0.4) is 0 Å². The van der Waals surface area contributed by atoms with E-state index >= 15 is 0 Å². The van der Waals surface area contributed by atoms with Gasteiger partial charge in [-0.15, -0.1) is 0 Å². The van der Waals surface area contributed by atoms with Crippen LogP contribution in [-0.4, -0.2) is 66.7 Å². The van der Waals surface area contributed by atoms with Gasteiger partial charge in [0.15, 0.2) is 11.5 Å². The second kappa shape index (κ2) is 8.84. The fraction of sp³-hybridized carbons (Fsp3) is 0.333. The molecule has 7 nitrogen and oxygen atoms in total. The van der Waals surface area contributed by atoms with E-state index in [4.69, 9.17) is 25.8 Å². The number of carbonyl (C=O) groups excluding carboxylic acids is 1. The molecular weight excluding hydrogens is 430 g/mol. The molecule has 1 fully saturated rings. The molecule has 0 spiro atoms. The van der Waals surface area contributed by atoms with Crippen LogP contribution in [0.5, 0.6) is 17.2 Å². The molecule has 1 amide bonds. The molecule has 3 aromatic rings. The topological polar surface area (TPSA) is 64.1 Å². The summed E-state index contributed by atoms with van der Waals surface area (Å²) in [5, 5.41) is 1.52. The van der Waals surface area contributed by atoms with Crippen molar-refractivity contribution in [2.45, 2.75) is 12.6 Å². The van der Waals surface area contributed by atoms with Crippen LogP contribution < -0.4 is 14.2 Å². The van der Waals surface area contributed by atoms with Crippen molar-refractivity contribution in [2.24, 2.45) is 0 Å². The standard InChI is InChI=1S/C24H24ClN3O4/c1-30-18-7-6-16-12-17(23(25)26-19(16)13-18)14-27-8-10-28(11-9-27)24(29)22-15-31-20-4-2-3-5-21(20)32-22/h2-7,12-13,22H,8-11,14-15H2,1H3. The maximum absolute atomic E-state index is 12.9. The molecule has 32 heavy (non-hydrogen) atoms. The number of hydrogen-bond acceptors (Lipinski definition) is 6. The van der Waals surface area contributed by atoms with Crippen LogP contribution in [0.1, 0.15) is 5.56 Å². The largest absolute Gasteiger partial charge is 0.497 e. The molecule has 2 aromatic carbocycles. The summed E-state index contributed by atoms with van der Waals surface area (Å²) in [6, 6.07) is 15.3. The lowest BCUT2D eigenvalue weighted by atomic mass is 10.1. The summed E-state index contributed by atoms with van der Waals surface area (Å²) in [6.07, 6.45) is -0.604. The minimum Gasteiger partial charge on any atom is -0.497 e. The lowest BCUT2D eigenvalue weighted by molar-refractivity contribution is -0.143. The van der Waals surface area contributed by atoms with Gasteiger partial charge in [-0.05, 0) is 30.3 Å². The molecule has 0 saturated carbocycles. The molecule has 5 rings (SSSR count). The number of para-hydroxylation sites is 2. The van der Waals surface area contributed by atoms with Gasteiger partial charge in [0.1, 0.15) is 17.5 Å². The van der Waals surface area contributed by atoms with Gasteiger partial charge in [-0.3, -0.25) is 9.69 Å². The number of methoxy groups -OCH3 is 1. The molecule has 1 atom stereocenters. The highest BCUT2D eigenvalue weighted by Gasteiger charge is 2.32. The average molecular weight is 454 g/mol. The first-order valence-electron chi connectivity index (χ1n) is 10.6. The van der Waals surface area contributed by atoms with Crippen molar-refractivity contribution in [3.05, 3.63) is 59.2 Å². The molecule has 0 radical (unpaired) electrons. The third-order valence-corrected chi connectivity index (χ3v) is 6.24. The Morgan fingerprint density at radius 2 is 1.91 bits per heavy atom. The van der Waals surface area contributed by atoms with E-state index in [1.54, 1.807) is 7.11 Å². The van der Waals surface area contributed by atoms with Gasteiger partial charge in [0.2, 0.25) is 6.10 Å². The van der Waals surface area contributed by atoms with Crippen molar-refractivity contribution in [1.82, 2.24) is 14.8 Å². The summed E-state index contributed by atoms with van der Waals surface area (Å²) >= 11 is 6.47. The predicted octanol–water partition coefficient (Wildman–Crippen LogP) is 3.38. The fourth-order valence-corrected chi connectivity index (χ4v) is 4.32. The Kier molecular flexibility index (Phi) is 5.76. The molecule has 1 aromatic heterocycles. The fourth-order valence-electron chi connectivity index (χ4n) is 4.12. The SMILES string of the molecule is COc1ccc2cc(CN3CCN(C(=O)C4COc5ccccc5O4)CC3)c(Cl)nc2c1. The van der Waals surface area contributed by atoms with Crippen LogP contribution in [0.4, 0.5) is 0 Å². The molecule has 1 unspecified atom stereocenters. The molecule has 2 aliphatic heterocycles. The van der Waals surface area contributed by atoms with Gasteiger partial charge in [-0.25, -0.2) is 4.98 Å². The van der Waals surface area contributed by atoms with Crippen molar-refractivity contribution in [2.75, 3.05) is 39.9 Å². The summed E-state index contributed by atoms with van der Waals surface area (Å²) < 4.78 is 16.8. The van der Waals surface area contributed by atoms with Crippen LogP contribution in [0, 0.1) is 0 Å². The van der Waals surface area contributed by atoms with E-state index in [9.17, 15) is 4.79 Å². The van der Waals surface area contributed by atoms with Crippen molar-refractivity contribution in [3.63, 3.8) is 0 Å². The maximum atomic E-state index is 12.9. The number of hydrogen-bond donors (Lipinski definition) is 0. The Balaban J connectivity index is 1.20. The van der Waals surface area contributed by atoms with Gasteiger partial charge in [0.05, 0.1) is 12.6 Å². The number of fused-ring (bicyclic) bond motifs is 2. The number of rotatable bonds is 4. The van der Waals surface area contributed by atoms with Crippen molar-refractivity contribution in [3.8, 4) is 17.2 Å². The lowest BCUT2D eigenvalue weighted by Gasteiger charge is -2.37. The molecule has 8 heteroatoms. The first-order chi connectivity index (χ1) is 15.6. The monoisotopic (exact) mass is 453 g/mol. The van der Waals surface area contributed by atoms with E-state index in [1.165, 1.54) is 0 Å². The van der Waals surface area contributed by atoms with E-state index in [0.717, 1.165) is 35.3 Å². The van der Waals surface area contributed by atoms with Gasteiger partial charge >= 0.3 is 0 Å². The molecular formula is C24H24ClN3O4. The molecule has 0 N–H and O–H groups in total. The number of halogens is 1. The molecule has 1 saturated heterocycles. The Morgan fingerprint density at radius 1 is 1.12 bits per heavy atom.